The number of aldehydes is 1. The fourth-order valence-corrected chi connectivity index (χ4v) is 6.86. The number of piperidine rings is 2. The summed E-state index contributed by atoms with van der Waals surface area (Å²) in [6.07, 6.45) is 0.258. The van der Waals surface area contributed by atoms with E-state index in [0.29, 0.717) is 49.5 Å². The molecule has 2 aliphatic heterocycles. The summed E-state index contributed by atoms with van der Waals surface area (Å²) in [5.41, 5.74) is 9.96. The number of methoxy groups -OCH3 is 2. The Labute approximate surface area is 258 Å². The molecule has 0 spiro atoms. The van der Waals surface area contributed by atoms with Gasteiger partial charge in [-0.3, -0.25) is 4.79 Å². The van der Waals surface area contributed by atoms with E-state index < -0.39 is 32.5 Å². The predicted octanol–water partition coefficient (Wildman–Crippen LogP) is 4.31. The van der Waals surface area contributed by atoms with Crippen LogP contribution in [0.2, 0.25) is 0 Å². The van der Waals surface area contributed by atoms with Gasteiger partial charge in [0.25, 0.3) is 0 Å². The largest absolute Gasteiger partial charge is 0.496 e. The number of hydrogen-bond acceptors (Lipinski definition) is 8. The molecular formula is C29H42F3N3O7S2. The van der Waals surface area contributed by atoms with Gasteiger partial charge in [-0.15, -0.1) is 0 Å². The van der Waals surface area contributed by atoms with Crippen LogP contribution in [0.4, 0.5) is 18.9 Å². The summed E-state index contributed by atoms with van der Waals surface area (Å²) in [6.45, 7) is 4.40. The van der Waals surface area contributed by atoms with E-state index in [1.54, 1.807) is 18.5 Å². The van der Waals surface area contributed by atoms with E-state index in [4.69, 9.17) is 20.0 Å². The van der Waals surface area contributed by atoms with Gasteiger partial charge in [-0.1, -0.05) is 18.2 Å². The second-order valence-electron chi connectivity index (χ2n) is 10.8. The minimum atomic E-state index is -4.64. The number of anilines is 1. The standard InChI is InChI=1S/C14H21NO3S.C13H20N2O3S.C2HF3O/c1-11-4-5-13(10-14(11)18-2)12-6-8-15(9-7-12)19(3,16)17;1-18-13-9-11(3-4-12(13)14)10-5-7-15(8-6-10)19(2,16)17;3-2(4,5)1-6/h4-5,10,12H,6-9H2,1-3H3;3-4,9-10H,5-8,14H2,1-2H3;1H. The third-order valence-corrected chi connectivity index (χ3v) is 10.2. The van der Waals surface area contributed by atoms with Gasteiger partial charge in [0.05, 0.1) is 32.4 Å². The van der Waals surface area contributed by atoms with E-state index in [2.05, 4.69) is 18.2 Å². The summed E-state index contributed by atoms with van der Waals surface area (Å²) in [6, 6.07) is 12.1. The first-order valence-corrected chi connectivity index (χ1v) is 17.6. The first kappa shape index (κ1) is 37.3. The van der Waals surface area contributed by atoms with E-state index in [1.165, 1.54) is 27.9 Å². The van der Waals surface area contributed by atoms with Crippen LogP contribution < -0.4 is 15.2 Å². The van der Waals surface area contributed by atoms with Gasteiger partial charge < -0.3 is 15.2 Å². The molecule has 0 radical (unpaired) electrons. The number of carbonyl (C=O) groups is 1. The molecule has 2 fully saturated rings. The SMILES string of the molecule is COc1cc(C2CCN(S(C)(=O)=O)CC2)ccc1C.COc1cc(C2CCN(S(C)(=O)=O)CC2)ccc1N.O=CC(F)(F)F. The first-order chi connectivity index (χ1) is 20.4. The molecular weight excluding hydrogens is 623 g/mol. The van der Waals surface area contributed by atoms with E-state index in [9.17, 15) is 30.0 Å². The molecule has 0 aliphatic carbocycles. The van der Waals surface area contributed by atoms with E-state index >= 15 is 0 Å². The van der Waals surface area contributed by atoms with E-state index in [-0.39, 0.29) is 0 Å². The lowest BCUT2D eigenvalue weighted by Crippen LogP contribution is -2.37. The summed E-state index contributed by atoms with van der Waals surface area (Å²) < 4.78 is 90.8. The highest BCUT2D eigenvalue weighted by molar-refractivity contribution is 7.88. The molecule has 0 bridgehead atoms. The zero-order valence-electron chi connectivity index (χ0n) is 25.6. The van der Waals surface area contributed by atoms with Gasteiger partial charge >= 0.3 is 6.18 Å². The van der Waals surface area contributed by atoms with Gasteiger partial charge in [-0.2, -0.15) is 13.2 Å². The number of nitrogens with two attached hydrogens (primary N) is 1. The minimum Gasteiger partial charge on any atom is -0.496 e. The minimum absolute atomic E-state index is 0.368. The lowest BCUT2D eigenvalue weighted by molar-refractivity contribution is -0.156. The van der Waals surface area contributed by atoms with E-state index in [0.717, 1.165) is 37.0 Å². The maximum absolute atomic E-state index is 11.5. The molecule has 248 valence electrons. The molecule has 0 amide bonds. The van der Waals surface area contributed by atoms with Crippen molar-refractivity contribution in [1.29, 1.82) is 0 Å². The topological polar surface area (TPSA) is 136 Å². The molecule has 0 saturated carbocycles. The lowest BCUT2D eigenvalue weighted by Gasteiger charge is -2.30. The van der Waals surface area contributed by atoms with Crippen LogP contribution >= 0.6 is 0 Å². The Morgan fingerprint density at radius 3 is 1.48 bits per heavy atom. The number of nitrogens with zero attached hydrogens (tertiary/aromatic N) is 2. The summed E-state index contributed by atoms with van der Waals surface area (Å²) in [5, 5.41) is 0. The highest BCUT2D eigenvalue weighted by Crippen LogP contribution is 2.34. The molecule has 0 atom stereocenters. The average Bonchev–Trinajstić information content (AvgIpc) is 2.97. The molecule has 0 aromatic heterocycles. The van der Waals surface area contributed by atoms with Gasteiger partial charge in [0.15, 0.2) is 0 Å². The predicted molar refractivity (Wildman–Crippen MR) is 164 cm³/mol. The van der Waals surface area contributed by atoms with Crippen molar-refractivity contribution in [2.24, 2.45) is 0 Å². The fraction of sp³-hybridized carbons (Fsp3) is 0.552. The van der Waals surface area contributed by atoms with Gasteiger partial charge in [-0.25, -0.2) is 25.4 Å². The number of ether oxygens (including phenoxy) is 2. The van der Waals surface area contributed by atoms with Crippen molar-refractivity contribution >= 4 is 32.0 Å². The quantitative estimate of drug-likeness (QED) is 0.356. The zero-order valence-corrected chi connectivity index (χ0v) is 27.3. The third-order valence-electron chi connectivity index (χ3n) is 7.61. The molecule has 0 unspecified atom stereocenters. The van der Waals surface area contributed by atoms with Crippen LogP contribution in [0.5, 0.6) is 11.5 Å². The lowest BCUT2D eigenvalue weighted by atomic mass is 9.89. The summed E-state index contributed by atoms with van der Waals surface area (Å²) in [4.78, 5) is 8.70. The number of hydrogen-bond donors (Lipinski definition) is 1. The Hall–Kier alpha value is -2.88. The van der Waals surface area contributed by atoms with Crippen LogP contribution in [0.3, 0.4) is 0 Å². The fourth-order valence-electron chi connectivity index (χ4n) is 5.11. The van der Waals surface area contributed by atoms with Gasteiger partial charge in [-0.05, 0) is 79.3 Å². The number of halogens is 3. The second-order valence-corrected chi connectivity index (χ2v) is 14.7. The number of aryl methyl sites for hydroxylation is 1. The molecule has 2 aromatic rings. The Morgan fingerprint density at radius 1 is 0.773 bits per heavy atom. The number of carbonyl (C=O) groups excluding carboxylic acids is 1. The highest BCUT2D eigenvalue weighted by Gasteiger charge is 2.27. The Balaban J connectivity index is 0.000000260. The second kappa shape index (κ2) is 15.9. The molecule has 2 heterocycles. The van der Waals surface area contributed by atoms with Gasteiger partial charge in [0.1, 0.15) is 11.5 Å². The van der Waals surface area contributed by atoms with Crippen molar-refractivity contribution in [1.82, 2.24) is 8.61 Å². The first-order valence-electron chi connectivity index (χ1n) is 13.9. The monoisotopic (exact) mass is 665 g/mol. The Kier molecular flexibility index (Phi) is 13.5. The number of sulfonamides is 2. The number of benzene rings is 2. The molecule has 2 aliphatic rings. The van der Waals surface area contributed by atoms with Crippen LogP contribution in [0, 0.1) is 6.92 Å². The summed E-state index contributed by atoms with van der Waals surface area (Å²) >= 11 is 0. The molecule has 15 heteroatoms. The van der Waals surface area contributed by atoms with Crippen molar-refractivity contribution in [3.05, 3.63) is 53.1 Å². The molecule has 2 aromatic carbocycles. The smallest absolute Gasteiger partial charge is 0.446 e. The highest BCUT2D eigenvalue weighted by atomic mass is 32.2. The number of nitrogen functional groups attached to an aromatic ring is 1. The van der Waals surface area contributed by atoms with Crippen LogP contribution in [-0.2, 0) is 24.8 Å². The number of alkyl halides is 3. The van der Waals surface area contributed by atoms with Crippen molar-refractivity contribution in [3.8, 4) is 11.5 Å². The Bertz CT molecular complexity index is 1350. The molecule has 10 nitrogen and oxygen atoms in total. The van der Waals surface area contributed by atoms with Crippen molar-refractivity contribution in [3.63, 3.8) is 0 Å². The van der Waals surface area contributed by atoms with Crippen LogP contribution in [0.1, 0.15) is 54.2 Å². The maximum Gasteiger partial charge on any atom is 0.446 e. The molecule has 2 saturated heterocycles. The van der Waals surface area contributed by atoms with Crippen molar-refractivity contribution in [2.75, 3.05) is 58.6 Å². The maximum atomic E-state index is 11.5. The normalized spacial score (nSPS) is 17.5. The van der Waals surface area contributed by atoms with Gasteiger partial charge in [0.2, 0.25) is 26.3 Å². The van der Waals surface area contributed by atoms with Crippen LogP contribution in [-0.4, -0.2) is 90.8 Å². The van der Waals surface area contributed by atoms with E-state index in [1.807, 2.05) is 25.1 Å². The van der Waals surface area contributed by atoms with Crippen molar-refractivity contribution in [2.45, 2.75) is 50.6 Å². The third kappa shape index (κ3) is 11.6. The van der Waals surface area contributed by atoms with Gasteiger partial charge in [0, 0.05) is 26.2 Å². The Morgan fingerprint density at radius 2 is 1.14 bits per heavy atom. The average molecular weight is 666 g/mol. The van der Waals surface area contributed by atoms with Crippen molar-refractivity contribution < 1.29 is 44.3 Å². The molecule has 44 heavy (non-hydrogen) atoms. The van der Waals surface area contributed by atoms with Crippen LogP contribution in [0.15, 0.2) is 36.4 Å². The van der Waals surface area contributed by atoms with Crippen LogP contribution in [0.25, 0.3) is 0 Å². The zero-order chi connectivity index (χ0) is 33.3. The number of rotatable bonds is 6. The summed E-state index contributed by atoms with van der Waals surface area (Å²) in [5.74, 6) is 2.38. The molecule has 2 N–H and O–H groups in total. The summed E-state index contributed by atoms with van der Waals surface area (Å²) in [7, 11) is -2.83. The molecule has 4 rings (SSSR count).